The highest BCUT2D eigenvalue weighted by molar-refractivity contribution is 6.00. The number of para-hydroxylation sites is 1. The van der Waals surface area contributed by atoms with E-state index in [1.54, 1.807) is 18.3 Å². The first-order valence-electron chi connectivity index (χ1n) is 11.6. The monoisotopic (exact) mass is 467 g/mol. The van der Waals surface area contributed by atoms with E-state index in [2.05, 4.69) is 20.0 Å². The normalized spacial score (nSPS) is 13.5. The molecule has 2 heterocycles. The van der Waals surface area contributed by atoms with Crippen LogP contribution in [0.1, 0.15) is 34.3 Å². The molecule has 0 saturated carbocycles. The Labute approximate surface area is 202 Å². The first-order chi connectivity index (χ1) is 17.1. The van der Waals surface area contributed by atoms with Gasteiger partial charge in [0.05, 0.1) is 11.1 Å². The van der Waals surface area contributed by atoms with Crippen molar-refractivity contribution in [1.29, 1.82) is 0 Å². The number of carbonyl (C=O) groups is 1. The molecule has 1 aliphatic rings. The fraction of sp³-hybridized carbons (Fsp3) is 0.185. The third-order valence-electron chi connectivity index (χ3n) is 6.29. The van der Waals surface area contributed by atoms with Gasteiger partial charge in [-0.1, -0.05) is 30.3 Å². The summed E-state index contributed by atoms with van der Waals surface area (Å²) in [5, 5.41) is 16.1. The van der Waals surface area contributed by atoms with Crippen molar-refractivity contribution in [2.45, 2.75) is 19.4 Å². The van der Waals surface area contributed by atoms with Crippen LogP contribution in [0.5, 0.6) is 0 Å². The first kappa shape index (κ1) is 22.3. The Kier molecular flexibility index (Phi) is 6.26. The summed E-state index contributed by atoms with van der Waals surface area (Å²) in [5.41, 5.74) is 7.22. The van der Waals surface area contributed by atoms with E-state index in [0.717, 1.165) is 40.8 Å². The molecule has 3 aromatic carbocycles. The van der Waals surface area contributed by atoms with Gasteiger partial charge in [-0.15, -0.1) is 0 Å². The highest BCUT2D eigenvalue weighted by atomic mass is 16.6. The van der Waals surface area contributed by atoms with Crippen LogP contribution in [-0.4, -0.2) is 34.7 Å². The molecule has 35 heavy (non-hydrogen) atoms. The predicted octanol–water partition coefficient (Wildman–Crippen LogP) is 4.96. The van der Waals surface area contributed by atoms with Crippen LogP contribution in [0.2, 0.25) is 0 Å². The number of hydrogen-bond acceptors (Lipinski definition) is 5. The second kappa shape index (κ2) is 9.80. The molecule has 0 spiro atoms. The second-order valence-corrected chi connectivity index (χ2v) is 8.59. The van der Waals surface area contributed by atoms with Crippen LogP contribution >= 0.6 is 0 Å². The number of fused-ring (bicyclic) bond motifs is 1. The van der Waals surface area contributed by atoms with Crippen LogP contribution in [-0.2, 0) is 6.54 Å². The van der Waals surface area contributed by atoms with Gasteiger partial charge in [0.1, 0.15) is 0 Å². The highest BCUT2D eigenvalue weighted by Crippen LogP contribution is 2.23. The largest absolute Gasteiger partial charge is 0.372 e. The van der Waals surface area contributed by atoms with Crippen LogP contribution < -0.4 is 10.3 Å². The molecule has 0 bridgehead atoms. The maximum absolute atomic E-state index is 12.6. The summed E-state index contributed by atoms with van der Waals surface area (Å²) in [6.07, 6.45) is 6.03. The minimum absolute atomic E-state index is 0.0698. The number of rotatable bonds is 7. The lowest BCUT2D eigenvalue weighted by Crippen LogP contribution is -2.19. The van der Waals surface area contributed by atoms with Crippen molar-refractivity contribution in [2.24, 2.45) is 5.10 Å². The Morgan fingerprint density at radius 2 is 1.71 bits per heavy atom. The number of amides is 1. The third kappa shape index (κ3) is 4.91. The van der Waals surface area contributed by atoms with E-state index in [1.807, 2.05) is 54.7 Å². The van der Waals surface area contributed by atoms with E-state index < -0.39 is 4.92 Å². The van der Waals surface area contributed by atoms with Crippen LogP contribution in [0.4, 0.5) is 11.4 Å². The standard InChI is InChI=1S/C27H25N5O3/c33-27(21-9-13-23(14-10-21)30-15-3-4-16-30)29-28-17-22-19-31(26-6-2-1-5-25(22)26)18-20-7-11-24(12-8-20)32(34)35/h1-2,5-14,17,19H,3-4,15-16,18H2,(H,29,33)/b28-17-. The molecular weight excluding hydrogens is 442 g/mol. The molecule has 8 heteroatoms. The predicted molar refractivity (Wildman–Crippen MR) is 137 cm³/mol. The Balaban J connectivity index is 1.29. The Hall–Kier alpha value is -4.46. The molecule has 4 aromatic rings. The summed E-state index contributed by atoms with van der Waals surface area (Å²) >= 11 is 0. The number of nitro benzene ring substituents is 1. The number of nitro groups is 1. The van der Waals surface area contributed by atoms with Gasteiger partial charge in [-0.25, -0.2) is 5.43 Å². The van der Waals surface area contributed by atoms with Crippen molar-refractivity contribution in [1.82, 2.24) is 9.99 Å². The minimum Gasteiger partial charge on any atom is -0.372 e. The lowest BCUT2D eigenvalue weighted by molar-refractivity contribution is -0.384. The molecule has 0 unspecified atom stereocenters. The topological polar surface area (TPSA) is 92.8 Å². The van der Waals surface area contributed by atoms with E-state index in [9.17, 15) is 14.9 Å². The van der Waals surface area contributed by atoms with Gasteiger partial charge in [0.15, 0.2) is 0 Å². The van der Waals surface area contributed by atoms with E-state index >= 15 is 0 Å². The Morgan fingerprint density at radius 3 is 2.43 bits per heavy atom. The van der Waals surface area contributed by atoms with Crippen molar-refractivity contribution in [3.05, 3.63) is 106 Å². The summed E-state index contributed by atoms with van der Waals surface area (Å²) in [6.45, 7) is 2.68. The lowest BCUT2D eigenvalue weighted by Gasteiger charge is -2.17. The maximum atomic E-state index is 12.6. The third-order valence-corrected chi connectivity index (χ3v) is 6.29. The molecule has 1 amide bonds. The molecule has 1 N–H and O–H groups in total. The van der Waals surface area contributed by atoms with Gasteiger partial charge in [-0.2, -0.15) is 5.10 Å². The maximum Gasteiger partial charge on any atom is 0.271 e. The van der Waals surface area contributed by atoms with Crippen molar-refractivity contribution in [3.8, 4) is 0 Å². The first-order valence-corrected chi connectivity index (χ1v) is 11.6. The fourth-order valence-corrected chi connectivity index (χ4v) is 4.45. The molecule has 1 aliphatic heterocycles. The number of anilines is 1. The fourth-order valence-electron chi connectivity index (χ4n) is 4.45. The SMILES string of the molecule is O=C(N/N=C\c1cn(Cc2ccc([N+](=O)[O-])cc2)c2ccccc12)c1ccc(N2CCCC2)cc1. The molecule has 0 atom stereocenters. The molecule has 1 saturated heterocycles. The molecule has 5 rings (SSSR count). The lowest BCUT2D eigenvalue weighted by atomic mass is 10.2. The zero-order valence-electron chi connectivity index (χ0n) is 19.1. The molecule has 1 fully saturated rings. The number of benzene rings is 3. The van der Waals surface area contributed by atoms with Crippen molar-refractivity contribution < 1.29 is 9.72 Å². The van der Waals surface area contributed by atoms with Crippen LogP contribution in [0, 0.1) is 10.1 Å². The van der Waals surface area contributed by atoms with Crippen molar-refractivity contribution >= 4 is 34.4 Å². The zero-order chi connectivity index (χ0) is 24.2. The van der Waals surface area contributed by atoms with Crippen molar-refractivity contribution in [2.75, 3.05) is 18.0 Å². The zero-order valence-corrected chi connectivity index (χ0v) is 19.1. The number of aromatic nitrogens is 1. The van der Waals surface area contributed by atoms with Gasteiger partial charge in [-0.3, -0.25) is 14.9 Å². The van der Waals surface area contributed by atoms with Gasteiger partial charge in [-0.05, 0) is 48.7 Å². The second-order valence-electron chi connectivity index (χ2n) is 8.59. The van der Waals surface area contributed by atoms with Gasteiger partial charge in [0.25, 0.3) is 11.6 Å². The number of non-ortho nitro benzene ring substituents is 1. The summed E-state index contributed by atoms with van der Waals surface area (Å²) in [5.74, 6) is -0.260. The Bertz CT molecular complexity index is 1380. The van der Waals surface area contributed by atoms with Crippen LogP contribution in [0.3, 0.4) is 0 Å². The number of hydrazone groups is 1. The average molecular weight is 468 g/mol. The summed E-state index contributed by atoms with van der Waals surface area (Å²) < 4.78 is 2.07. The molecule has 0 radical (unpaired) electrons. The number of nitrogens with one attached hydrogen (secondary N) is 1. The van der Waals surface area contributed by atoms with E-state index in [-0.39, 0.29) is 11.6 Å². The molecular formula is C27H25N5O3. The molecule has 8 nitrogen and oxygen atoms in total. The van der Waals surface area contributed by atoms with Gasteiger partial charge >= 0.3 is 0 Å². The van der Waals surface area contributed by atoms with E-state index in [4.69, 9.17) is 0 Å². The molecule has 176 valence electrons. The van der Waals surface area contributed by atoms with E-state index in [1.165, 1.54) is 25.0 Å². The van der Waals surface area contributed by atoms with Crippen LogP contribution in [0.15, 0.2) is 84.1 Å². The quantitative estimate of drug-likeness (QED) is 0.236. The summed E-state index contributed by atoms with van der Waals surface area (Å²) in [4.78, 5) is 25.4. The van der Waals surface area contributed by atoms with E-state index in [0.29, 0.717) is 12.1 Å². The summed E-state index contributed by atoms with van der Waals surface area (Å²) in [6, 6.07) is 22.1. The molecule has 1 aromatic heterocycles. The molecule has 0 aliphatic carbocycles. The van der Waals surface area contributed by atoms with Gasteiger partial charge < -0.3 is 9.47 Å². The Morgan fingerprint density at radius 1 is 1.00 bits per heavy atom. The van der Waals surface area contributed by atoms with Gasteiger partial charge in [0, 0.05) is 65.7 Å². The number of nitrogens with zero attached hydrogens (tertiary/aromatic N) is 4. The highest BCUT2D eigenvalue weighted by Gasteiger charge is 2.13. The summed E-state index contributed by atoms with van der Waals surface area (Å²) in [7, 11) is 0. The number of hydrogen-bond donors (Lipinski definition) is 1. The minimum atomic E-state index is -0.403. The van der Waals surface area contributed by atoms with Crippen LogP contribution in [0.25, 0.3) is 10.9 Å². The van der Waals surface area contributed by atoms with Crippen molar-refractivity contribution in [3.63, 3.8) is 0 Å². The average Bonchev–Trinajstić information content (AvgIpc) is 3.54. The van der Waals surface area contributed by atoms with Gasteiger partial charge in [0.2, 0.25) is 0 Å². The number of carbonyl (C=O) groups excluding carboxylic acids is 1. The smallest absolute Gasteiger partial charge is 0.271 e.